The summed E-state index contributed by atoms with van der Waals surface area (Å²) >= 11 is 0. The van der Waals surface area contributed by atoms with Gasteiger partial charge in [-0.05, 0) is 12.1 Å². The Balaban J connectivity index is 1.77. The van der Waals surface area contributed by atoms with Crippen LogP contribution in [0.5, 0.6) is 5.75 Å². The molecule has 1 aromatic heterocycles. The lowest BCUT2D eigenvalue weighted by Gasteiger charge is -2.34. The molecule has 1 atom stereocenters. The zero-order chi connectivity index (χ0) is 17.2. The maximum atomic E-state index is 11.4. The number of nitrogens with one attached hydrogen (secondary N) is 1. The number of hydrogen-bond acceptors (Lipinski definition) is 5. The number of rotatable bonds is 6. The first-order valence-corrected chi connectivity index (χ1v) is 9.66. The smallest absolute Gasteiger partial charge is 0.208 e. The molecule has 7 nitrogen and oxygen atoms in total. The third-order valence-corrected chi connectivity index (χ3v) is 4.81. The van der Waals surface area contributed by atoms with Crippen LogP contribution in [0.1, 0.15) is 17.3 Å². The number of sulfonamides is 1. The van der Waals surface area contributed by atoms with E-state index in [-0.39, 0.29) is 6.04 Å². The molecule has 0 fully saturated rings. The number of para-hydroxylation sites is 1. The second kappa shape index (κ2) is 6.92. The van der Waals surface area contributed by atoms with E-state index < -0.39 is 10.0 Å². The minimum atomic E-state index is -3.23. The molecule has 2 heterocycles. The lowest BCUT2D eigenvalue weighted by atomic mass is 10.1. The van der Waals surface area contributed by atoms with Crippen molar-refractivity contribution in [3.05, 3.63) is 47.8 Å². The highest BCUT2D eigenvalue weighted by molar-refractivity contribution is 7.88. The van der Waals surface area contributed by atoms with E-state index in [1.807, 2.05) is 28.9 Å². The van der Waals surface area contributed by atoms with E-state index in [2.05, 4.69) is 20.8 Å². The van der Waals surface area contributed by atoms with Crippen molar-refractivity contribution >= 4 is 10.0 Å². The molecule has 0 bridgehead atoms. The van der Waals surface area contributed by atoms with Crippen molar-refractivity contribution in [2.45, 2.75) is 19.1 Å². The Morgan fingerprint density at radius 1 is 1.33 bits per heavy atom. The highest BCUT2D eigenvalue weighted by Crippen LogP contribution is 2.25. The number of nitrogens with zero attached hydrogens (tertiary/aromatic N) is 3. The van der Waals surface area contributed by atoms with Gasteiger partial charge >= 0.3 is 0 Å². The molecule has 3 rings (SSSR count). The van der Waals surface area contributed by atoms with Gasteiger partial charge in [-0.15, -0.1) is 0 Å². The average Bonchev–Trinajstić information content (AvgIpc) is 3.01. The van der Waals surface area contributed by atoms with Crippen LogP contribution in [0.3, 0.4) is 0 Å². The number of ether oxygens (including phenoxy) is 1. The molecule has 0 amide bonds. The predicted octanol–water partition coefficient (Wildman–Crippen LogP) is 0.998. The van der Waals surface area contributed by atoms with Crippen LogP contribution in [0, 0.1) is 0 Å². The maximum Gasteiger partial charge on any atom is 0.208 e. The van der Waals surface area contributed by atoms with Gasteiger partial charge in [0.05, 0.1) is 25.1 Å². The summed E-state index contributed by atoms with van der Waals surface area (Å²) in [4.78, 5) is 2.28. The molecule has 1 aliphatic rings. The summed E-state index contributed by atoms with van der Waals surface area (Å²) in [6.07, 6.45) is 2.93. The molecule has 130 valence electrons. The lowest BCUT2D eigenvalue weighted by molar-refractivity contribution is 0.166. The summed E-state index contributed by atoms with van der Waals surface area (Å²) in [5, 5.41) is 4.34. The molecule has 0 saturated heterocycles. The molecular weight excluding hydrogens is 328 g/mol. The quantitative estimate of drug-likeness (QED) is 0.841. The summed E-state index contributed by atoms with van der Waals surface area (Å²) in [7, 11) is -1.56. The van der Waals surface area contributed by atoms with E-state index in [0.29, 0.717) is 6.54 Å². The van der Waals surface area contributed by atoms with Gasteiger partial charge in [0.2, 0.25) is 10.0 Å². The van der Waals surface area contributed by atoms with Crippen molar-refractivity contribution in [1.29, 1.82) is 0 Å². The largest absolute Gasteiger partial charge is 0.496 e. The Morgan fingerprint density at radius 3 is 2.88 bits per heavy atom. The molecular formula is C16H22N4O3S. The van der Waals surface area contributed by atoms with E-state index in [0.717, 1.165) is 36.6 Å². The summed E-state index contributed by atoms with van der Waals surface area (Å²) in [5.41, 5.74) is 2.19. The Labute approximate surface area is 142 Å². The molecule has 0 radical (unpaired) electrons. The summed E-state index contributed by atoms with van der Waals surface area (Å²) in [6.45, 7) is 2.56. The van der Waals surface area contributed by atoms with Crippen LogP contribution in [-0.2, 0) is 23.1 Å². The molecule has 0 spiro atoms. The Morgan fingerprint density at radius 2 is 2.12 bits per heavy atom. The number of aromatic nitrogens is 2. The van der Waals surface area contributed by atoms with E-state index in [1.165, 1.54) is 6.26 Å². The molecule has 2 aromatic rings. The van der Waals surface area contributed by atoms with Gasteiger partial charge < -0.3 is 4.74 Å². The lowest BCUT2D eigenvalue weighted by Crippen LogP contribution is -2.42. The molecule has 0 saturated carbocycles. The normalized spacial score (nSPS) is 18.3. The van der Waals surface area contributed by atoms with Crippen LogP contribution in [0.4, 0.5) is 0 Å². The zero-order valence-corrected chi connectivity index (χ0v) is 14.7. The minimum Gasteiger partial charge on any atom is -0.496 e. The number of fused-ring (bicyclic) bond motifs is 1. The third-order valence-electron chi connectivity index (χ3n) is 4.12. The summed E-state index contributed by atoms with van der Waals surface area (Å²) in [5.74, 6) is 0.863. The van der Waals surface area contributed by atoms with Crippen molar-refractivity contribution in [1.82, 2.24) is 19.4 Å². The van der Waals surface area contributed by atoms with Gasteiger partial charge in [-0.2, -0.15) is 5.10 Å². The molecule has 24 heavy (non-hydrogen) atoms. The van der Waals surface area contributed by atoms with Gasteiger partial charge in [-0.25, -0.2) is 13.1 Å². The van der Waals surface area contributed by atoms with Gasteiger partial charge in [-0.3, -0.25) is 9.58 Å². The molecule has 1 aliphatic heterocycles. The second-order valence-corrected chi connectivity index (χ2v) is 7.86. The Bertz CT molecular complexity index is 803. The SMILES string of the molecule is COc1ccccc1CN1Cc2ccnn2C(CNS(C)(=O)=O)C1. The van der Waals surface area contributed by atoms with Crippen molar-refractivity contribution in [3.8, 4) is 5.75 Å². The topological polar surface area (TPSA) is 76.5 Å². The van der Waals surface area contributed by atoms with Gasteiger partial charge in [-0.1, -0.05) is 18.2 Å². The molecule has 1 unspecified atom stereocenters. The molecule has 8 heteroatoms. The molecule has 1 aromatic carbocycles. The van der Waals surface area contributed by atoms with E-state index in [1.54, 1.807) is 13.3 Å². The third kappa shape index (κ3) is 3.95. The standard InChI is InChI=1S/C16H22N4O3S/c1-23-16-6-4-3-5-13(16)10-19-11-14-7-8-17-20(14)15(12-19)9-18-24(2,21)22/h3-8,15,18H,9-12H2,1-2H3. The first kappa shape index (κ1) is 16.9. The molecule has 0 aliphatic carbocycles. The fourth-order valence-corrected chi connectivity index (χ4v) is 3.55. The fraction of sp³-hybridized carbons (Fsp3) is 0.438. The summed E-state index contributed by atoms with van der Waals surface area (Å²) in [6, 6.07) is 9.89. The number of methoxy groups -OCH3 is 1. The summed E-state index contributed by atoms with van der Waals surface area (Å²) < 4.78 is 32.7. The monoisotopic (exact) mass is 350 g/mol. The maximum absolute atomic E-state index is 11.4. The predicted molar refractivity (Wildman–Crippen MR) is 91.2 cm³/mol. The van der Waals surface area contributed by atoms with Gasteiger partial charge in [0.25, 0.3) is 0 Å². The first-order chi connectivity index (χ1) is 11.5. The average molecular weight is 350 g/mol. The first-order valence-electron chi connectivity index (χ1n) is 7.77. The van der Waals surface area contributed by atoms with Gasteiger partial charge in [0, 0.05) is 37.9 Å². The molecule has 1 N–H and O–H groups in total. The van der Waals surface area contributed by atoms with E-state index in [9.17, 15) is 8.42 Å². The van der Waals surface area contributed by atoms with Crippen LogP contribution < -0.4 is 9.46 Å². The van der Waals surface area contributed by atoms with Crippen LogP contribution in [0.2, 0.25) is 0 Å². The van der Waals surface area contributed by atoms with Crippen LogP contribution in [0.15, 0.2) is 36.5 Å². The number of hydrogen-bond donors (Lipinski definition) is 1. The Kier molecular flexibility index (Phi) is 4.88. The van der Waals surface area contributed by atoms with Crippen molar-refractivity contribution in [2.24, 2.45) is 0 Å². The van der Waals surface area contributed by atoms with Crippen LogP contribution in [0.25, 0.3) is 0 Å². The second-order valence-electron chi connectivity index (χ2n) is 6.02. The van der Waals surface area contributed by atoms with E-state index in [4.69, 9.17) is 4.74 Å². The highest BCUT2D eigenvalue weighted by atomic mass is 32.2. The van der Waals surface area contributed by atoms with Crippen LogP contribution in [-0.4, -0.2) is 49.6 Å². The van der Waals surface area contributed by atoms with E-state index >= 15 is 0 Å². The van der Waals surface area contributed by atoms with Crippen molar-refractivity contribution in [3.63, 3.8) is 0 Å². The van der Waals surface area contributed by atoms with Crippen molar-refractivity contribution in [2.75, 3.05) is 26.5 Å². The fourth-order valence-electron chi connectivity index (χ4n) is 3.06. The number of benzene rings is 1. The van der Waals surface area contributed by atoms with Crippen LogP contribution >= 0.6 is 0 Å². The highest BCUT2D eigenvalue weighted by Gasteiger charge is 2.26. The minimum absolute atomic E-state index is 0.0341. The Hall–Kier alpha value is -1.90. The zero-order valence-electron chi connectivity index (χ0n) is 13.8. The van der Waals surface area contributed by atoms with Gasteiger partial charge in [0.15, 0.2) is 0 Å². The van der Waals surface area contributed by atoms with Gasteiger partial charge in [0.1, 0.15) is 5.75 Å². The van der Waals surface area contributed by atoms with Crippen molar-refractivity contribution < 1.29 is 13.2 Å².